The van der Waals surface area contributed by atoms with E-state index in [1.165, 1.54) is 11.3 Å². The number of carbonyl (C=O) groups is 1. The molecule has 0 saturated carbocycles. The fourth-order valence-corrected chi connectivity index (χ4v) is 2.01. The summed E-state index contributed by atoms with van der Waals surface area (Å²) in [4.78, 5) is 11.6. The molecule has 1 aromatic heterocycles. The summed E-state index contributed by atoms with van der Waals surface area (Å²) in [6.07, 6.45) is 0. The van der Waals surface area contributed by atoms with Crippen LogP contribution in [0.25, 0.3) is 0 Å². The van der Waals surface area contributed by atoms with Crippen LogP contribution in [0.15, 0.2) is 15.2 Å². The number of hydrogen-bond donors (Lipinski definition) is 1. The first-order valence-corrected chi connectivity index (χ1v) is 6.08. The molecule has 14 heavy (non-hydrogen) atoms. The lowest BCUT2D eigenvalue weighted by atomic mass is 9.97. The Bertz CT molecular complexity index is 327. The van der Waals surface area contributed by atoms with Gasteiger partial charge in [-0.25, -0.2) is 0 Å². The summed E-state index contributed by atoms with van der Waals surface area (Å²) in [7, 11) is 0. The third-order valence-corrected chi connectivity index (χ3v) is 3.11. The zero-order chi connectivity index (χ0) is 10.8. The van der Waals surface area contributed by atoms with E-state index in [0.717, 1.165) is 9.35 Å². The number of carbonyl (C=O) groups excluding carboxylic acids is 1. The average Bonchev–Trinajstić information content (AvgIpc) is 2.46. The van der Waals surface area contributed by atoms with Crippen molar-refractivity contribution in [3.05, 3.63) is 20.8 Å². The molecule has 0 radical (unpaired) electrons. The predicted octanol–water partition coefficient (Wildman–Crippen LogP) is 3.29. The number of rotatable bonds is 2. The summed E-state index contributed by atoms with van der Waals surface area (Å²) >= 11 is 4.85. The fourth-order valence-electron chi connectivity index (χ4n) is 0.877. The van der Waals surface area contributed by atoms with E-state index in [1.54, 1.807) is 0 Å². The van der Waals surface area contributed by atoms with E-state index in [9.17, 15) is 4.79 Å². The standard InChI is InChI=1S/C10H14BrNOS/c1-10(2,3)6-12-9(13)7-4-8(11)14-5-7/h4-5H,6H2,1-3H3,(H,12,13). The van der Waals surface area contributed by atoms with Crippen molar-refractivity contribution in [1.29, 1.82) is 0 Å². The molecule has 0 aliphatic heterocycles. The summed E-state index contributed by atoms with van der Waals surface area (Å²) in [6, 6.07) is 1.84. The molecular formula is C10H14BrNOS. The van der Waals surface area contributed by atoms with Gasteiger partial charge in [-0.2, -0.15) is 0 Å². The number of hydrogen-bond acceptors (Lipinski definition) is 2. The summed E-state index contributed by atoms with van der Waals surface area (Å²) < 4.78 is 0.985. The molecule has 0 fully saturated rings. The fraction of sp³-hybridized carbons (Fsp3) is 0.500. The third-order valence-electron chi connectivity index (χ3n) is 1.61. The van der Waals surface area contributed by atoms with Crippen LogP contribution in [-0.4, -0.2) is 12.5 Å². The zero-order valence-electron chi connectivity index (χ0n) is 8.56. The van der Waals surface area contributed by atoms with Crippen LogP contribution < -0.4 is 5.32 Å². The second-order valence-electron chi connectivity index (χ2n) is 4.38. The van der Waals surface area contributed by atoms with E-state index in [0.29, 0.717) is 6.54 Å². The molecule has 0 spiro atoms. The van der Waals surface area contributed by atoms with E-state index in [2.05, 4.69) is 42.0 Å². The van der Waals surface area contributed by atoms with Crippen molar-refractivity contribution in [1.82, 2.24) is 5.32 Å². The van der Waals surface area contributed by atoms with Gasteiger partial charge in [0.05, 0.1) is 9.35 Å². The Kier molecular flexibility index (Phi) is 3.72. The van der Waals surface area contributed by atoms with Gasteiger partial charge in [0.15, 0.2) is 0 Å². The Morgan fingerprint density at radius 1 is 1.57 bits per heavy atom. The van der Waals surface area contributed by atoms with Crippen LogP contribution in [0.4, 0.5) is 0 Å². The molecule has 4 heteroatoms. The molecular weight excluding hydrogens is 262 g/mol. The van der Waals surface area contributed by atoms with Gasteiger partial charge in [0.25, 0.3) is 5.91 Å². The molecule has 1 heterocycles. The van der Waals surface area contributed by atoms with Crippen LogP contribution in [0.5, 0.6) is 0 Å². The Labute approximate surface area is 96.8 Å². The minimum absolute atomic E-state index is 0.00174. The molecule has 0 saturated heterocycles. The third kappa shape index (κ3) is 3.80. The topological polar surface area (TPSA) is 29.1 Å². The maximum atomic E-state index is 11.6. The van der Waals surface area contributed by atoms with Crippen molar-refractivity contribution in [3.63, 3.8) is 0 Å². The van der Waals surface area contributed by atoms with E-state index < -0.39 is 0 Å². The molecule has 1 N–H and O–H groups in total. The molecule has 0 aliphatic carbocycles. The molecule has 2 nitrogen and oxygen atoms in total. The smallest absolute Gasteiger partial charge is 0.252 e. The molecule has 1 amide bonds. The molecule has 1 aromatic rings. The average molecular weight is 276 g/mol. The van der Waals surface area contributed by atoms with Crippen molar-refractivity contribution in [2.45, 2.75) is 20.8 Å². The summed E-state index contributed by atoms with van der Waals surface area (Å²) in [5, 5.41) is 4.75. The lowest BCUT2D eigenvalue weighted by Crippen LogP contribution is -2.31. The molecule has 0 aromatic carbocycles. The van der Waals surface area contributed by atoms with Crippen LogP contribution in [0.2, 0.25) is 0 Å². The first kappa shape index (κ1) is 11.7. The zero-order valence-corrected chi connectivity index (χ0v) is 11.0. The summed E-state index contributed by atoms with van der Waals surface area (Å²) in [5.74, 6) is 0.00174. The lowest BCUT2D eigenvalue weighted by molar-refractivity contribution is 0.0940. The van der Waals surface area contributed by atoms with Gasteiger partial charge in [-0.3, -0.25) is 4.79 Å². The van der Waals surface area contributed by atoms with Crippen molar-refractivity contribution in [2.75, 3.05) is 6.54 Å². The molecule has 0 atom stereocenters. The monoisotopic (exact) mass is 275 g/mol. The quantitative estimate of drug-likeness (QED) is 0.882. The molecule has 0 bridgehead atoms. The second kappa shape index (κ2) is 4.45. The maximum absolute atomic E-state index is 11.6. The predicted molar refractivity (Wildman–Crippen MR) is 63.8 cm³/mol. The summed E-state index contributed by atoms with van der Waals surface area (Å²) in [6.45, 7) is 6.98. The SMILES string of the molecule is CC(C)(C)CNC(=O)c1csc(Br)c1. The van der Waals surface area contributed by atoms with Gasteiger partial charge < -0.3 is 5.32 Å². The van der Waals surface area contributed by atoms with Gasteiger partial charge in [0, 0.05) is 11.9 Å². The highest BCUT2D eigenvalue weighted by Crippen LogP contribution is 2.20. The summed E-state index contributed by atoms with van der Waals surface area (Å²) in [5.41, 5.74) is 0.856. The number of halogens is 1. The van der Waals surface area contributed by atoms with Gasteiger partial charge in [0.2, 0.25) is 0 Å². The maximum Gasteiger partial charge on any atom is 0.252 e. The van der Waals surface area contributed by atoms with E-state index >= 15 is 0 Å². The first-order chi connectivity index (χ1) is 6.38. The highest BCUT2D eigenvalue weighted by Gasteiger charge is 2.13. The highest BCUT2D eigenvalue weighted by molar-refractivity contribution is 9.11. The largest absolute Gasteiger partial charge is 0.351 e. The minimum Gasteiger partial charge on any atom is -0.351 e. The number of amides is 1. The van der Waals surface area contributed by atoms with E-state index in [1.807, 2.05) is 11.4 Å². The Morgan fingerprint density at radius 3 is 2.64 bits per heavy atom. The Balaban J connectivity index is 2.52. The van der Waals surface area contributed by atoms with Crippen molar-refractivity contribution < 1.29 is 4.79 Å². The van der Waals surface area contributed by atoms with Crippen molar-refractivity contribution >= 4 is 33.2 Å². The van der Waals surface area contributed by atoms with Crippen molar-refractivity contribution in [2.24, 2.45) is 5.41 Å². The van der Waals surface area contributed by atoms with Crippen LogP contribution in [-0.2, 0) is 0 Å². The van der Waals surface area contributed by atoms with Crippen molar-refractivity contribution in [3.8, 4) is 0 Å². The number of nitrogens with one attached hydrogen (secondary N) is 1. The number of thiophene rings is 1. The normalized spacial score (nSPS) is 11.4. The van der Waals surface area contributed by atoms with Crippen LogP contribution >= 0.6 is 27.3 Å². The Hall–Kier alpha value is -0.350. The van der Waals surface area contributed by atoms with E-state index in [4.69, 9.17) is 0 Å². The van der Waals surface area contributed by atoms with Gasteiger partial charge in [-0.15, -0.1) is 11.3 Å². The van der Waals surface area contributed by atoms with Crippen LogP contribution in [0.3, 0.4) is 0 Å². The second-order valence-corrected chi connectivity index (χ2v) is 6.67. The van der Waals surface area contributed by atoms with Gasteiger partial charge in [-0.05, 0) is 27.4 Å². The molecule has 0 unspecified atom stereocenters. The van der Waals surface area contributed by atoms with Gasteiger partial charge in [-0.1, -0.05) is 20.8 Å². The van der Waals surface area contributed by atoms with Gasteiger partial charge >= 0.3 is 0 Å². The first-order valence-electron chi connectivity index (χ1n) is 4.41. The van der Waals surface area contributed by atoms with Gasteiger partial charge in [0.1, 0.15) is 0 Å². The van der Waals surface area contributed by atoms with E-state index in [-0.39, 0.29) is 11.3 Å². The molecule has 0 aliphatic rings. The van der Waals surface area contributed by atoms with Crippen LogP contribution in [0.1, 0.15) is 31.1 Å². The molecule has 78 valence electrons. The molecule has 1 rings (SSSR count). The Morgan fingerprint density at radius 2 is 2.21 bits per heavy atom. The highest BCUT2D eigenvalue weighted by atomic mass is 79.9. The lowest BCUT2D eigenvalue weighted by Gasteiger charge is -2.18. The van der Waals surface area contributed by atoms with Crippen LogP contribution in [0, 0.1) is 5.41 Å². The minimum atomic E-state index is 0.00174.